The number of fused-ring (bicyclic) bond motifs is 5. The zero-order chi connectivity index (χ0) is 95.2. The number of aromatic nitrogens is 5. The molecule has 15 aromatic rings. The largest absolute Gasteiger partial charge is 0.351 e. The minimum Gasteiger partial charge on any atom is -0.351 e. The van der Waals surface area contributed by atoms with Crippen LogP contribution < -0.4 is 83.9 Å². The first-order valence-corrected chi connectivity index (χ1v) is 46.1. The van der Waals surface area contributed by atoms with Gasteiger partial charge in [-0.05, 0) is 272 Å². The Morgan fingerprint density at radius 1 is 0.286 bits per heavy atom. The average Bonchev–Trinajstić information content (AvgIpc) is 1.67. The molecule has 133 heavy (non-hydrogen) atoms. The summed E-state index contributed by atoms with van der Waals surface area (Å²) in [6.07, 6.45) is 8.26. The zero-order valence-corrected chi connectivity index (χ0v) is 77.9. The van der Waals surface area contributed by atoms with Gasteiger partial charge in [0.05, 0.1) is 0 Å². The van der Waals surface area contributed by atoms with Crippen LogP contribution in [0.3, 0.4) is 0 Å². The Morgan fingerprint density at radius 2 is 0.556 bits per heavy atom. The molecule has 0 saturated heterocycles. The average molecular weight is 1840 g/mol. The first-order valence-electron chi connectivity index (χ1n) is 45.3. The molecular weight excluding hydrogens is 1710 g/mol. The fraction of sp³-hybridized carbons (Fsp3) is 0.286. The Bertz CT molecular complexity index is 6260. The van der Waals surface area contributed by atoms with Gasteiger partial charge < -0.3 is 109 Å². The number of aromatic amines is 5. The smallest absolute Gasteiger partial charge is 0.267 e. The summed E-state index contributed by atoms with van der Waals surface area (Å²) < 4.78 is 14.2. The van der Waals surface area contributed by atoms with Crippen molar-refractivity contribution in [2.75, 3.05) is 65.4 Å². The molecule has 0 fully saturated rings. The molecule has 0 unspecified atom stereocenters. The van der Waals surface area contributed by atoms with E-state index in [9.17, 15) is 28.4 Å². The summed E-state index contributed by atoms with van der Waals surface area (Å²) in [6.45, 7) is 15.2. The number of amides is 5. The van der Waals surface area contributed by atoms with Crippen molar-refractivity contribution in [1.29, 1.82) is 0 Å². The summed E-state index contributed by atoms with van der Waals surface area (Å²) in [7, 11) is 0. The lowest BCUT2D eigenvalue weighted by molar-refractivity contribution is 0.0938. The van der Waals surface area contributed by atoms with Crippen LogP contribution in [0.1, 0.15) is 144 Å². The van der Waals surface area contributed by atoms with E-state index in [0.29, 0.717) is 105 Å². The molecule has 0 aliphatic heterocycles. The molecule has 5 atom stereocenters. The number of halogens is 3. The predicted octanol–water partition coefficient (Wildman–Crippen LogP) is 16.1. The van der Waals surface area contributed by atoms with Gasteiger partial charge in [-0.1, -0.05) is 180 Å². The van der Waals surface area contributed by atoms with Gasteiger partial charge in [-0.15, -0.1) is 0 Å². The number of H-pyrrole nitrogens is 5. The first-order chi connectivity index (χ1) is 64.0. The van der Waals surface area contributed by atoms with E-state index < -0.39 is 0 Å². The van der Waals surface area contributed by atoms with Crippen molar-refractivity contribution >= 4 is 107 Å². The highest BCUT2D eigenvalue weighted by atomic mass is 35.5. The van der Waals surface area contributed by atoms with Gasteiger partial charge in [-0.25, -0.2) is 4.39 Å². The first kappa shape index (κ1) is 101. The molecule has 5 amide bonds. The molecule has 10 aromatic carbocycles. The minimum absolute atomic E-state index is 0.0694. The second-order valence-corrected chi connectivity index (χ2v) is 34.9. The van der Waals surface area contributed by atoms with Crippen LogP contribution in [-0.2, 0) is 0 Å². The summed E-state index contributed by atoms with van der Waals surface area (Å²) in [5.74, 6) is -1.07. The second-order valence-electron chi connectivity index (χ2n) is 34.1. The Labute approximate surface area is 786 Å². The number of hydrogen-bond acceptors (Lipinski definition) is 15. The fourth-order valence-electron chi connectivity index (χ4n) is 15.2. The second kappa shape index (κ2) is 49.7. The third-order valence-electron chi connectivity index (χ3n) is 23.0. The Balaban J connectivity index is 0.000000160. The maximum absolute atomic E-state index is 14.2. The van der Waals surface area contributed by atoms with Crippen LogP contribution in [0.25, 0.3) is 110 Å². The van der Waals surface area contributed by atoms with Gasteiger partial charge in [0, 0.05) is 139 Å². The van der Waals surface area contributed by atoms with E-state index in [0.717, 1.165) is 185 Å². The SMILES string of the molecule is Cc1ccc(-c2ccc3cc(C(=O)NC[C@@H](N)CCCN)[nH]c3c2)c(Cl)c1.Cc1ccc(-c2ccc3cc(C(=O)NC[C@@H](N)CCCN)[nH]c3c2)c(F)c1.Cc1ccc(-c2ccc3cc(C(=O)NC[C@@H](N)CCCN)[nH]c3c2)cc1.Cc1ccc(-c2ccc3cc(C(=O)NC[C@@H](N)CCCN)[nH]c3c2)cc1Cl.Cc1cccc(-c2ccc3cc(C(=O)NC[C@@H](N)CCCN)[nH]c3c2)c1. The van der Waals surface area contributed by atoms with Crippen molar-refractivity contribution in [3.8, 4) is 55.6 Å². The van der Waals surface area contributed by atoms with Gasteiger partial charge in [-0.2, -0.15) is 0 Å². The third-order valence-corrected chi connectivity index (χ3v) is 23.7. The molecular formula is C105H127Cl2FN20O5. The van der Waals surface area contributed by atoms with Crippen molar-refractivity contribution in [3.05, 3.63) is 297 Å². The maximum Gasteiger partial charge on any atom is 0.267 e. The molecule has 0 spiro atoms. The zero-order valence-electron chi connectivity index (χ0n) is 76.3. The molecule has 0 aliphatic rings. The van der Waals surface area contributed by atoms with E-state index in [2.05, 4.69) is 138 Å². The number of hydrogen-bond donors (Lipinski definition) is 20. The maximum atomic E-state index is 14.2. The van der Waals surface area contributed by atoms with E-state index in [4.69, 9.17) is 80.5 Å². The van der Waals surface area contributed by atoms with Crippen LogP contribution in [0.4, 0.5) is 4.39 Å². The number of nitrogens with two attached hydrogens (primary N) is 10. The number of carbonyl (C=O) groups is 5. The van der Waals surface area contributed by atoms with Crippen LogP contribution in [0.2, 0.25) is 10.0 Å². The van der Waals surface area contributed by atoms with Crippen molar-refractivity contribution in [2.45, 2.75) is 129 Å². The molecule has 5 heterocycles. The number of carbonyl (C=O) groups excluding carboxylic acids is 5. The normalized spacial score (nSPS) is 12.3. The van der Waals surface area contributed by atoms with E-state index in [-0.39, 0.29) is 65.6 Å². The monoisotopic (exact) mass is 1840 g/mol. The third kappa shape index (κ3) is 29.4. The van der Waals surface area contributed by atoms with E-state index in [1.54, 1.807) is 12.1 Å². The Morgan fingerprint density at radius 3 is 0.880 bits per heavy atom. The van der Waals surface area contributed by atoms with E-state index in [1.807, 2.05) is 154 Å². The standard InChI is InChI=1S/2C21H25ClN4O.C21H25FN4O.2C21H26N4O/c1-13-4-7-17(18(22)9-13)14-5-6-15-11-20(26-19(15)10-14)21(27)25-12-16(24)3-2-8-23;1-13-4-5-14(9-18(13)22)15-6-7-16-11-20(26-19(16)10-15)21(27)25-12-17(24)3-2-8-23;1-13-4-7-17(18(22)9-13)14-5-6-15-11-20(26-19(15)10-14)21(27)25-12-16(24)3-2-8-23;1-14-4-2-5-15(10-14)16-7-8-17-12-20(25-19(17)11-16)21(26)24-13-18(23)6-3-9-22;1-14-4-6-15(7-5-14)16-8-9-17-12-20(25-19(17)11-16)21(26)24-13-18(23)3-2-10-22/h4-7,9-11,16,26H,2-3,8,12,23-24H2,1H3,(H,25,27);4-7,9-11,17,26H,2-3,8,12,23-24H2,1H3,(H,25,27);4-7,9-11,16,26H,2-3,8,12,23-24H2,1H3,(H,25,27);2,4-5,7-8,10-12,18,25H,3,6,9,13,22-23H2,1H3,(H,24,26);4-9,11-12,18,25H,2-3,10,13,22-23H2,1H3,(H,24,26)/t16-;17-;16-;2*18-/m00000/s1. The molecule has 698 valence electrons. The molecule has 5 aromatic heterocycles. The molecule has 0 saturated carbocycles. The van der Waals surface area contributed by atoms with Gasteiger partial charge in [-0.3, -0.25) is 24.0 Å². The van der Waals surface area contributed by atoms with Crippen LogP contribution in [0, 0.1) is 40.4 Å². The minimum atomic E-state index is -0.259. The quantitative estimate of drug-likeness (QED) is 0.0175. The van der Waals surface area contributed by atoms with Gasteiger partial charge in [0.15, 0.2) is 0 Å². The highest BCUT2D eigenvalue weighted by Gasteiger charge is 2.20. The van der Waals surface area contributed by atoms with E-state index >= 15 is 0 Å². The number of nitrogens with one attached hydrogen (secondary N) is 10. The molecule has 0 radical (unpaired) electrons. The highest BCUT2D eigenvalue weighted by molar-refractivity contribution is 6.33. The van der Waals surface area contributed by atoms with Gasteiger partial charge >= 0.3 is 0 Å². The van der Waals surface area contributed by atoms with Crippen molar-refractivity contribution < 1.29 is 28.4 Å². The molecule has 15 rings (SSSR count). The van der Waals surface area contributed by atoms with Crippen molar-refractivity contribution in [3.63, 3.8) is 0 Å². The van der Waals surface area contributed by atoms with Gasteiger partial charge in [0.25, 0.3) is 29.5 Å². The summed E-state index contributed by atoms with van der Waals surface area (Å²) in [6, 6.07) is 72.8. The fourth-order valence-corrected chi connectivity index (χ4v) is 15.7. The highest BCUT2D eigenvalue weighted by Crippen LogP contribution is 2.35. The number of benzene rings is 10. The van der Waals surface area contributed by atoms with Crippen LogP contribution in [0.5, 0.6) is 0 Å². The number of rotatable bonds is 35. The summed E-state index contributed by atoms with van der Waals surface area (Å²) in [5, 5.41) is 20.7. The van der Waals surface area contributed by atoms with Gasteiger partial charge in [0.1, 0.15) is 34.3 Å². The lowest BCUT2D eigenvalue weighted by Crippen LogP contribution is -2.37. The number of aryl methyl sites for hydroxylation is 5. The van der Waals surface area contributed by atoms with E-state index in [1.165, 1.54) is 22.8 Å². The molecule has 0 bridgehead atoms. The molecule has 0 aliphatic carbocycles. The van der Waals surface area contributed by atoms with Crippen molar-refractivity contribution in [2.24, 2.45) is 57.3 Å². The molecule has 28 heteroatoms. The van der Waals surface area contributed by atoms with Crippen molar-refractivity contribution in [1.82, 2.24) is 51.5 Å². The predicted molar refractivity (Wildman–Crippen MR) is 545 cm³/mol. The topological polar surface area (TPSA) is 485 Å². The van der Waals surface area contributed by atoms with Gasteiger partial charge in [0.2, 0.25) is 0 Å². The molecule has 25 nitrogen and oxygen atoms in total. The summed E-state index contributed by atoms with van der Waals surface area (Å²) >= 11 is 12.6. The summed E-state index contributed by atoms with van der Waals surface area (Å²) in [5.41, 5.74) is 79.7. The van der Waals surface area contributed by atoms with Crippen LogP contribution >= 0.6 is 23.2 Å². The Kier molecular flexibility index (Phi) is 37.7. The lowest BCUT2D eigenvalue weighted by Gasteiger charge is -2.11. The lowest BCUT2D eigenvalue weighted by atomic mass is 10.0. The Hall–Kier alpha value is -12.6. The van der Waals surface area contributed by atoms with Crippen LogP contribution in [-0.4, -0.2) is 150 Å². The molecule has 30 N–H and O–H groups in total. The summed E-state index contributed by atoms with van der Waals surface area (Å²) in [4.78, 5) is 77.8. The van der Waals surface area contributed by atoms with Crippen LogP contribution in [0.15, 0.2) is 224 Å².